The van der Waals surface area contributed by atoms with Crippen molar-refractivity contribution in [1.82, 2.24) is 14.9 Å². The van der Waals surface area contributed by atoms with Crippen LogP contribution in [0.25, 0.3) is 17.3 Å². The molecule has 0 bridgehead atoms. The Morgan fingerprint density at radius 3 is 2.27 bits per heavy atom. The average molecular weight is 395 g/mol. The molecule has 148 valence electrons. The van der Waals surface area contributed by atoms with E-state index in [1.165, 1.54) is 0 Å². The number of hydrogen-bond acceptors (Lipinski definition) is 5. The van der Waals surface area contributed by atoms with Crippen LogP contribution in [0.5, 0.6) is 0 Å². The number of anilines is 1. The fourth-order valence-corrected chi connectivity index (χ4v) is 3.45. The molecule has 6 heteroatoms. The van der Waals surface area contributed by atoms with E-state index in [4.69, 9.17) is 0 Å². The van der Waals surface area contributed by atoms with Crippen molar-refractivity contribution < 1.29 is 4.79 Å². The van der Waals surface area contributed by atoms with Crippen molar-refractivity contribution in [1.29, 1.82) is 5.26 Å². The molecule has 0 radical (unpaired) electrons. The molecule has 1 saturated heterocycles. The van der Waals surface area contributed by atoms with Crippen LogP contribution in [0.1, 0.15) is 5.56 Å². The van der Waals surface area contributed by atoms with Crippen LogP contribution in [0.15, 0.2) is 78.6 Å². The second kappa shape index (κ2) is 9.01. The number of amides is 1. The predicted molar refractivity (Wildman–Crippen MR) is 116 cm³/mol. The van der Waals surface area contributed by atoms with E-state index in [1.807, 2.05) is 66.7 Å². The highest BCUT2D eigenvalue weighted by Gasteiger charge is 2.24. The Bertz CT molecular complexity index is 1080. The summed E-state index contributed by atoms with van der Waals surface area (Å²) in [5.41, 5.74) is 2.91. The SMILES string of the molecule is N#C/C(=C\c1ccccc1)C(=O)N1CCN(c2cc(-c3ccccc3)ncn2)CC1. The van der Waals surface area contributed by atoms with Crippen molar-refractivity contribution in [3.63, 3.8) is 0 Å². The first-order chi connectivity index (χ1) is 14.7. The molecule has 1 amide bonds. The first kappa shape index (κ1) is 19.3. The van der Waals surface area contributed by atoms with Crippen LogP contribution >= 0.6 is 0 Å². The molecule has 3 aromatic rings. The maximum atomic E-state index is 12.8. The van der Waals surface area contributed by atoms with E-state index in [1.54, 1.807) is 17.3 Å². The minimum absolute atomic E-state index is 0.156. The summed E-state index contributed by atoms with van der Waals surface area (Å²) in [6, 6.07) is 23.4. The molecular formula is C24H21N5O. The number of carbonyl (C=O) groups is 1. The maximum Gasteiger partial charge on any atom is 0.264 e. The van der Waals surface area contributed by atoms with Gasteiger partial charge in [-0.15, -0.1) is 0 Å². The number of aromatic nitrogens is 2. The van der Waals surface area contributed by atoms with Gasteiger partial charge in [0.1, 0.15) is 23.8 Å². The van der Waals surface area contributed by atoms with Gasteiger partial charge in [0, 0.05) is 37.8 Å². The van der Waals surface area contributed by atoms with Gasteiger partial charge >= 0.3 is 0 Å². The van der Waals surface area contributed by atoms with Gasteiger partial charge in [0.15, 0.2) is 0 Å². The molecule has 1 fully saturated rings. The molecule has 1 aliphatic rings. The fraction of sp³-hybridized carbons (Fsp3) is 0.167. The third-order valence-corrected chi connectivity index (χ3v) is 5.07. The van der Waals surface area contributed by atoms with Gasteiger partial charge in [-0.25, -0.2) is 9.97 Å². The topological polar surface area (TPSA) is 73.1 Å². The Morgan fingerprint density at radius 1 is 0.933 bits per heavy atom. The van der Waals surface area contributed by atoms with E-state index in [0.29, 0.717) is 26.2 Å². The summed E-state index contributed by atoms with van der Waals surface area (Å²) in [5, 5.41) is 9.46. The zero-order valence-corrected chi connectivity index (χ0v) is 16.5. The van der Waals surface area contributed by atoms with Crippen molar-refractivity contribution in [3.05, 3.63) is 84.2 Å². The second-order valence-electron chi connectivity index (χ2n) is 6.99. The number of nitriles is 1. The third-order valence-electron chi connectivity index (χ3n) is 5.07. The van der Waals surface area contributed by atoms with Gasteiger partial charge in [0.2, 0.25) is 0 Å². The van der Waals surface area contributed by atoms with Crippen LogP contribution in [-0.2, 0) is 4.79 Å². The highest BCUT2D eigenvalue weighted by Crippen LogP contribution is 2.21. The zero-order chi connectivity index (χ0) is 20.8. The minimum Gasteiger partial charge on any atom is -0.353 e. The largest absolute Gasteiger partial charge is 0.353 e. The first-order valence-corrected chi connectivity index (χ1v) is 9.83. The lowest BCUT2D eigenvalue weighted by Gasteiger charge is -2.35. The van der Waals surface area contributed by atoms with Crippen LogP contribution in [0.3, 0.4) is 0 Å². The molecule has 1 aromatic heterocycles. The molecule has 4 rings (SSSR count). The lowest BCUT2D eigenvalue weighted by atomic mass is 10.1. The zero-order valence-electron chi connectivity index (χ0n) is 16.5. The van der Waals surface area contributed by atoms with Crippen molar-refractivity contribution in [2.24, 2.45) is 0 Å². The van der Waals surface area contributed by atoms with Crippen LogP contribution in [0.4, 0.5) is 5.82 Å². The molecule has 2 heterocycles. The number of nitrogens with zero attached hydrogens (tertiary/aromatic N) is 5. The van der Waals surface area contributed by atoms with Gasteiger partial charge in [0.05, 0.1) is 5.69 Å². The highest BCUT2D eigenvalue weighted by atomic mass is 16.2. The second-order valence-corrected chi connectivity index (χ2v) is 6.99. The molecular weight excluding hydrogens is 374 g/mol. The third kappa shape index (κ3) is 4.36. The minimum atomic E-state index is -0.228. The molecule has 30 heavy (non-hydrogen) atoms. The number of hydrogen-bond donors (Lipinski definition) is 0. The predicted octanol–water partition coefficient (Wildman–Crippen LogP) is 3.40. The monoisotopic (exact) mass is 395 g/mol. The van der Waals surface area contributed by atoms with Gasteiger partial charge in [-0.05, 0) is 11.6 Å². The Morgan fingerprint density at radius 2 is 1.60 bits per heavy atom. The van der Waals surface area contributed by atoms with Gasteiger partial charge < -0.3 is 9.80 Å². The molecule has 0 spiro atoms. The summed E-state index contributed by atoms with van der Waals surface area (Å²) in [7, 11) is 0. The van der Waals surface area contributed by atoms with E-state index in [2.05, 4.69) is 20.9 Å². The van der Waals surface area contributed by atoms with Gasteiger partial charge in [-0.1, -0.05) is 60.7 Å². The Kier molecular flexibility index (Phi) is 5.81. The van der Waals surface area contributed by atoms with Crippen molar-refractivity contribution in [2.75, 3.05) is 31.1 Å². The average Bonchev–Trinajstić information content (AvgIpc) is 2.83. The highest BCUT2D eigenvalue weighted by molar-refractivity contribution is 6.01. The Labute approximate surface area is 175 Å². The first-order valence-electron chi connectivity index (χ1n) is 9.83. The maximum absolute atomic E-state index is 12.8. The summed E-state index contributed by atoms with van der Waals surface area (Å²) >= 11 is 0. The number of carbonyl (C=O) groups excluding carboxylic acids is 1. The summed E-state index contributed by atoms with van der Waals surface area (Å²) in [5.74, 6) is 0.616. The van der Waals surface area contributed by atoms with Crippen molar-refractivity contribution >= 4 is 17.8 Å². The summed E-state index contributed by atoms with van der Waals surface area (Å²) in [6.07, 6.45) is 3.22. The summed E-state index contributed by atoms with van der Waals surface area (Å²) < 4.78 is 0. The van der Waals surface area contributed by atoms with Crippen LogP contribution < -0.4 is 4.90 Å². The van der Waals surface area contributed by atoms with Crippen molar-refractivity contribution in [3.8, 4) is 17.3 Å². The number of benzene rings is 2. The smallest absolute Gasteiger partial charge is 0.264 e. The standard InChI is InChI=1S/C24H21N5O/c25-17-21(15-19-7-3-1-4-8-19)24(30)29-13-11-28(12-14-29)23-16-22(26-18-27-23)20-9-5-2-6-10-20/h1-10,15-16,18H,11-14H2/b21-15+. The molecule has 1 aliphatic heterocycles. The lowest BCUT2D eigenvalue weighted by Crippen LogP contribution is -2.49. The van der Waals surface area contributed by atoms with Gasteiger partial charge in [-0.2, -0.15) is 5.26 Å². The lowest BCUT2D eigenvalue weighted by molar-refractivity contribution is -0.126. The van der Waals surface area contributed by atoms with Crippen LogP contribution in [0.2, 0.25) is 0 Å². The summed E-state index contributed by atoms with van der Waals surface area (Å²) in [6.45, 7) is 2.39. The van der Waals surface area contributed by atoms with Gasteiger partial charge in [-0.3, -0.25) is 4.79 Å². The van der Waals surface area contributed by atoms with E-state index in [0.717, 1.165) is 22.6 Å². The van der Waals surface area contributed by atoms with E-state index < -0.39 is 0 Å². The summed E-state index contributed by atoms with van der Waals surface area (Å²) in [4.78, 5) is 25.5. The number of rotatable bonds is 4. The van der Waals surface area contributed by atoms with E-state index in [9.17, 15) is 10.1 Å². The molecule has 2 aromatic carbocycles. The van der Waals surface area contributed by atoms with Gasteiger partial charge in [0.25, 0.3) is 5.91 Å². The quantitative estimate of drug-likeness (QED) is 0.500. The fourth-order valence-electron chi connectivity index (χ4n) is 3.45. The Hall–Kier alpha value is -3.98. The van der Waals surface area contributed by atoms with Crippen LogP contribution in [0, 0.1) is 11.3 Å². The van der Waals surface area contributed by atoms with E-state index >= 15 is 0 Å². The molecule has 6 nitrogen and oxygen atoms in total. The van der Waals surface area contributed by atoms with E-state index in [-0.39, 0.29) is 11.5 Å². The molecule has 0 N–H and O–H groups in total. The number of piperazine rings is 1. The van der Waals surface area contributed by atoms with Crippen LogP contribution in [-0.4, -0.2) is 47.0 Å². The molecule has 0 aliphatic carbocycles. The Balaban J connectivity index is 1.43. The van der Waals surface area contributed by atoms with Crippen molar-refractivity contribution in [2.45, 2.75) is 0 Å². The normalized spacial score (nSPS) is 14.3. The molecule has 0 unspecified atom stereocenters. The molecule has 0 saturated carbocycles. The molecule has 0 atom stereocenters.